The van der Waals surface area contributed by atoms with Gasteiger partial charge in [-0.1, -0.05) is 11.6 Å². The van der Waals surface area contributed by atoms with Crippen molar-refractivity contribution in [2.75, 3.05) is 26.3 Å². The zero-order valence-electron chi connectivity index (χ0n) is 14.0. The van der Waals surface area contributed by atoms with Gasteiger partial charge in [0.25, 0.3) is 0 Å². The van der Waals surface area contributed by atoms with Crippen LogP contribution in [0.15, 0.2) is 36.9 Å². The number of nitrogens with one attached hydrogen (secondary N) is 1. The average Bonchev–Trinajstić information content (AvgIpc) is 3.31. The van der Waals surface area contributed by atoms with E-state index in [2.05, 4.69) is 41.7 Å². The number of hydrogen-bond donors (Lipinski definition) is 1. The number of morpholine rings is 1. The van der Waals surface area contributed by atoms with E-state index in [4.69, 9.17) is 16.3 Å². The molecule has 0 unspecified atom stereocenters. The van der Waals surface area contributed by atoms with Crippen LogP contribution in [0.1, 0.15) is 5.69 Å². The molecule has 0 aromatic carbocycles. The summed E-state index contributed by atoms with van der Waals surface area (Å²) in [5.41, 5.74) is 4.89. The van der Waals surface area contributed by atoms with Crippen LogP contribution in [-0.2, 0) is 11.3 Å². The Morgan fingerprint density at radius 1 is 1.12 bits per heavy atom. The standard InChI is InChI=1S/C18H17ClN6O/c19-18-17-15(9-22-23-17)14(8-21-18)12-1-2-16-20-7-13(25(16)10-12)11-24-3-5-26-6-4-24/h1-2,7-10H,3-6,11H2,(H,22,23). The molecule has 7 nitrogen and oxygen atoms in total. The maximum atomic E-state index is 6.16. The van der Waals surface area contributed by atoms with Crippen molar-refractivity contribution in [3.05, 3.63) is 47.8 Å². The van der Waals surface area contributed by atoms with Gasteiger partial charge in [0.2, 0.25) is 0 Å². The number of pyridine rings is 2. The first-order chi connectivity index (χ1) is 12.8. The summed E-state index contributed by atoms with van der Waals surface area (Å²) < 4.78 is 7.58. The highest BCUT2D eigenvalue weighted by Gasteiger charge is 2.15. The number of imidazole rings is 1. The van der Waals surface area contributed by atoms with E-state index in [0.29, 0.717) is 5.15 Å². The van der Waals surface area contributed by atoms with E-state index >= 15 is 0 Å². The van der Waals surface area contributed by atoms with Crippen molar-refractivity contribution in [3.8, 4) is 11.1 Å². The number of rotatable bonds is 3. The number of nitrogens with zero attached hydrogens (tertiary/aromatic N) is 5. The van der Waals surface area contributed by atoms with Gasteiger partial charge < -0.3 is 9.14 Å². The fourth-order valence-electron chi connectivity index (χ4n) is 3.43. The third-order valence-corrected chi connectivity index (χ3v) is 5.11. The fourth-order valence-corrected chi connectivity index (χ4v) is 3.62. The van der Waals surface area contributed by atoms with Crippen LogP contribution < -0.4 is 0 Å². The maximum absolute atomic E-state index is 6.16. The predicted molar refractivity (Wildman–Crippen MR) is 99.2 cm³/mol. The summed E-state index contributed by atoms with van der Waals surface area (Å²) >= 11 is 6.16. The summed E-state index contributed by atoms with van der Waals surface area (Å²) in [6, 6.07) is 4.08. The van der Waals surface area contributed by atoms with E-state index in [1.165, 1.54) is 0 Å². The van der Waals surface area contributed by atoms with Crippen LogP contribution in [0.5, 0.6) is 0 Å². The minimum atomic E-state index is 0.429. The fraction of sp³-hybridized carbons (Fsp3) is 0.278. The Kier molecular flexibility index (Phi) is 3.85. The van der Waals surface area contributed by atoms with E-state index in [9.17, 15) is 0 Å². The van der Waals surface area contributed by atoms with E-state index < -0.39 is 0 Å². The first kappa shape index (κ1) is 15.7. The predicted octanol–water partition coefficient (Wildman–Crippen LogP) is 2.76. The largest absolute Gasteiger partial charge is 0.379 e. The average molecular weight is 369 g/mol. The van der Waals surface area contributed by atoms with Crippen molar-refractivity contribution in [3.63, 3.8) is 0 Å². The molecule has 5 heterocycles. The van der Waals surface area contributed by atoms with Gasteiger partial charge in [0, 0.05) is 48.5 Å². The molecule has 8 heteroatoms. The monoisotopic (exact) mass is 368 g/mol. The molecule has 1 fully saturated rings. The van der Waals surface area contributed by atoms with Gasteiger partial charge in [0.05, 0.1) is 31.3 Å². The van der Waals surface area contributed by atoms with Gasteiger partial charge >= 0.3 is 0 Å². The summed E-state index contributed by atoms with van der Waals surface area (Å²) in [5, 5.41) is 8.41. The molecule has 0 amide bonds. The first-order valence-corrected chi connectivity index (χ1v) is 8.91. The molecule has 26 heavy (non-hydrogen) atoms. The minimum Gasteiger partial charge on any atom is -0.379 e. The minimum absolute atomic E-state index is 0.429. The first-order valence-electron chi connectivity index (χ1n) is 8.53. The highest BCUT2D eigenvalue weighted by molar-refractivity contribution is 6.34. The van der Waals surface area contributed by atoms with Crippen molar-refractivity contribution in [1.82, 2.24) is 29.5 Å². The topological polar surface area (TPSA) is 71.3 Å². The van der Waals surface area contributed by atoms with E-state index in [1.807, 2.05) is 12.3 Å². The number of hydrogen-bond acceptors (Lipinski definition) is 5. The molecule has 1 N–H and O–H groups in total. The number of halogens is 1. The molecule has 1 saturated heterocycles. The SMILES string of the molecule is Clc1ncc(-c2ccc3ncc(CN4CCOCC4)n3c2)c2cn[nH]c12. The Labute approximate surface area is 154 Å². The molecular formula is C18H17ClN6O. The van der Waals surface area contributed by atoms with Crippen LogP contribution in [0.2, 0.25) is 5.15 Å². The van der Waals surface area contributed by atoms with Crippen molar-refractivity contribution in [2.24, 2.45) is 0 Å². The highest BCUT2D eigenvalue weighted by Crippen LogP contribution is 2.30. The lowest BCUT2D eigenvalue weighted by Gasteiger charge is -2.26. The molecule has 0 saturated carbocycles. The van der Waals surface area contributed by atoms with Gasteiger partial charge in [-0.25, -0.2) is 9.97 Å². The lowest BCUT2D eigenvalue weighted by molar-refractivity contribution is 0.0335. The van der Waals surface area contributed by atoms with E-state index in [0.717, 1.165) is 66.2 Å². The van der Waals surface area contributed by atoms with Gasteiger partial charge in [0.1, 0.15) is 11.2 Å². The van der Waals surface area contributed by atoms with Gasteiger partial charge in [0.15, 0.2) is 5.15 Å². The molecule has 0 bridgehead atoms. The molecule has 0 radical (unpaired) electrons. The zero-order valence-corrected chi connectivity index (χ0v) is 14.8. The quantitative estimate of drug-likeness (QED) is 0.563. The van der Waals surface area contributed by atoms with Gasteiger partial charge in [-0.15, -0.1) is 0 Å². The van der Waals surface area contributed by atoms with Crippen LogP contribution in [0.25, 0.3) is 27.7 Å². The van der Waals surface area contributed by atoms with Crippen LogP contribution in [0.3, 0.4) is 0 Å². The van der Waals surface area contributed by atoms with Crippen LogP contribution in [0, 0.1) is 0 Å². The van der Waals surface area contributed by atoms with Crippen molar-refractivity contribution in [1.29, 1.82) is 0 Å². The summed E-state index contributed by atoms with van der Waals surface area (Å²) in [6.45, 7) is 4.33. The highest BCUT2D eigenvalue weighted by atomic mass is 35.5. The third kappa shape index (κ3) is 2.65. The molecule has 0 aliphatic carbocycles. The Balaban J connectivity index is 1.57. The van der Waals surface area contributed by atoms with Crippen LogP contribution >= 0.6 is 11.6 Å². The number of aromatic nitrogens is 5. The van der Waals surface area contributed by atoms with Crippen molar-refractivity contribution in [2.45, 2.75) is 6.54 Å². The summed E-state index contributed by atoms with van der Waals surface area (Å²) in [6.07, 6.45) is 7.63. The van der Waals surface area contributed by atoms with E-state index in [-0.39, 0.29) is 0 Å². The van der Waals surface area contributed by atoms with Crippen LogP contribution in [0.4, 0.5) is 0 Å². The zero-order chi connectivity index (χ0) is 17.5. The number of aromatic amines is 1. The summed E-state index contributed by atoms with van der Waals surface area (Å²) in [5.74, 6) is 0. The van der Waals surface area contributed by atoms with Gasteiger partial charge in [-0.2, -0.15) is 5.10 Å². The Bertz CT molecular complexity index is 1080. The second-order valence-corrected chi connectivity index (χ2v) is 6.76. The second kappa shape index (κ2) is 6.35. The second-order valence-electron chi connectivity index (χ2n) is 6.41. The van der Waals surface area contributed by atoms with Crippen LogP contribution in [-0.4, -0.2) is 55.8 Å². The maximum Gasteiger partial charge on any atom is 0.154 e. The molecule has 1 aliphatic heterocycles. The molecule has 1 aliphatic rings. The smallest absolute Gasteiger partial charge is 0.154 e. The molecule has 0 atom stereocenters. The molecule has 4 aromatic heterocycles. The Morgan fingerprint density at radius 2 is 2.00 bits per heavy atom. The normalized spacial score (nSPS) is 15.9. The molecule has 0 spiro atoms. The molecule has 4 aromatic rings. The van der Waals surface area contributed by atoms with Crippen molar-refractivity contribution >= 4 is 28.2 Å². The Morgan fingerprint density at radius 3 is 2.88 bits per heavy atom. The third-order valence-electron chi connectivity index (χ3n) is 4.83. The number of ether oxygens (including phenoxy) is 1. The molecule has 132 valence electrons. The summed E-state index contributed by atoms with van der Waals surface area (Å²) in [4.78, 5) is 11.2. The number of H-pyrrole nitrogens is 1. The van der Waals surface area contributed by atoms with Gasteiger partial charge in [-0.05, 0) is 12.1 Å². The molecule has 5 rings (SSSR count). The summed E-state index contributed by atoms with van der Waals surface area (Å²) in [7, 11) is 0. The van der Waals surface area contributed by atoms with E-state index in [1.54, 1.807) is 12.4 Å². The lowest BCUT2D eigenvalue weighted by atomic mass is 10.1. The van der Waals surface area contributed by atoms with Gasteiger partial charge in [-0.3, -0.25) is 10.00 Å². The Hall–Kier alpha value is -2.48. The number of fused-ring (bicyclic) bond motifs is 2. The lowest BCUT2D eigenvalue weighted by Crippen LogP contribution is -2.35. The van der Waals surface area contributed by atoms with Crippen molar-refractivity contribution < 1.29 is 4.74 Å². The molecular weight excluding hydrogens is 352 g/mol.